The Morgan fingerprint density at radius 1 is 1.07 bits per heavy atom. The lowest BCUT2D eigenvalue weighted by molar-refractivity contribution is 0.0327. The van der Waals surface area contributed by atoms with Gasteiger partial charge in [0.25, 0.3) is 0 Å². The molecule has 0 N–H and O–H groups in total. The quantitative estimate of drug-likeness (QED) is 0.791. The second-order valence-corrected chi connectivity index (χ2v) is 10.7. The number of aryl methyl sites for hydroxylation is 1. The van der Waals surface area contributed by atoms with Crippen LogP contribution in [-0.2, 0) is 14.8 Å². The summed E-state index contributed by atoms with van der Waals surface area (Å²) in [7, 11) is -3.38. The maximum absolute atomic E-state index is 13.1. The Morgan fingerprint density at radius 2 is 1.81 bits per heavy atom. The molecule has 1 aromatic carbocycles. The molecule has 3 aliphatic rings. The van der Waals surface area contributed by atoms with Gasteiger partial charge in [0.15, 0.2) is 0 Å². The fourth-order valence-corrected chi connectivity index (χ4v) is 6.61. The van der Waals surface area contributed by atoms with E-state index in [-0.39, 0.29) is 5.41 Å². The molecule has 0 unspecified atom stereocenters. The summed E-state index contributed by atoms with van der Waals surface area (Å²) in [4.78, 5) is 3.03. The van der Waals surface area contributed by atoms with E-state index in [1.165, 1.54) is 6.42 Å². The van der Waals surface area contributed by atoms with Gasteiger partial charge in [0.05, 0.1) is 4.90 Å². The Balaban J connectivity index is 1.42. The van der Waals surface area contributed by atoms with Crippen LogP contribution in [0.15, 0.2) is 29.2 Å². The molecule has 3 saturated heterocycles. The molecule has 3 heterocycles. The number of ether oxygens (including phenoxy) is 1. The van der Waals surface area contributed by atoms with Crippen molar-refractivity contribution in [2.75, 3.05) is 45.9 Å². The molecule has 4 rings (SSSR count). The maximum atomic E-state index is 13.1. The third-order valence-corrected chi connectivity index (χ3v) is 8.52. The Bertz CT molecular complexity index is 743. The predicted octanol–water partition coefficient (Wildman–Crippen LogP) is 2.90. The number of hydrogen-bond donors (Lipinski definition) is 0. The van der Waals surface area contributed by atoms with Gasteiger partial charge >= 0.3 is 0 Å². The van der Waals surface area contributed by atoms with Gasteiger partial charge in [-0.25, -0.2) is 8.42 Å². The highest BCUT2D eigenvalue weighted by atomic mass is 32.2. The molecule has 3 fully saturated rings. The minimum absolute atomic E-state index is 0.140. The molecule has 0 aliphatic carbocycles. The molecule has 0 saturated carbocycles. The molecule has 150 valence electrons. The Hall–Kier alpha value is -0.950. The molecule has 0 amide bonds. The number of nitrogens with zero attached hydrogens (tertiary/aromatic N) is 2. The molecule has 6 heteroatoms. The van der Waals surface area contributed by atoms with Crippen LogP contribution < -0.4 is 0 Å². The van der Waals surface area contributed by atoms with Crippen LogP contribution in [0.1, 0.15) is 37.7 Å². The summed E-state index contributed by atoms with van der Waals surface area (Å²) in [6.45, 7) is 8.45. The second kappa shape index (κ2) is 7.82. The molecule has 1 aromatic rings. The molecule has 1 atom stereocenters. The highest BCUT2D eigenvalue weighted by molar-refractivity contribution is 7.89. The van der Waals surface area contributed by atoms with E-state index in [0.717, 1.165) is 70.0 Å². The second-order valence-electron chi connectivity index (χ2n) is 8.80. The third-order valence-electron chi connectivity index (χ3n) is 6.66. The standard InChI is InChI=1S/C21H32N2O3S/c1-18-3-5-20(6-4-18)27(24,25)23-12-10-21(17-23)9-2-11-22(16-21)15-19-7-13-26-14-8-19/h3-6,19H,2,7-17H2,1H3/t21-/m1/s1. The number of piperidine rings is 1. The zero-order valence-corrected chi connectivity index (χ0v) is 17.2. The average molecular weight is 393 g/mol. The summed E-state index contributed by atoms with van der Waals surface area (Å²) in [5.74, 6) is 0.739. The van der Waals surface area contributed by atoms with Crippen LogP contribution in [0.4, 0.5) is 0 Å². The van der Waals surface area contributed by atoms with Gasteiger partial charge < -0.3 is 9.64 Å². The smallest absolute Gasteiger partial charge is 0.243 e. The number of hydrogen-bond acceptors (Lipinski definition) is 4. The van der Waals surface area contributed by atoms with Crippen LogP contribution in [0.5, 0.6) is 0 Å². The van der Waals surface area contributed by atoms with Crippen LogP contribution in [0.3, 0.4) is 0 Å². The predicted molar refractivity (Wildman–Crippen MR) is 106 cm³/mol. The number of benzene rings is 1. The Labute approximate surface area is 163 Å². The van der Waals surface area contributed by atoms with Gasteiger partial charge in [-0.3, -0.25) is 0 Å². The minimum Gasteiger partial charge on any atom is -0.381 e. The fourth-order valence-electron chi connectivity index (χ4n) is 5.05. The molecule has 5 nitrogen and oxygen atoms in total. The molecule has 1 spiro atoms. The molecular formula is C21H32N2O3S. The van der Waals surface area contributed by atoms with Crippen molar-refractivity contribution in [2.45, 2.75) is 43.9 Å². The molecule has 0 aromatic heterocycles. The van der Waals surface area contributed by atoms with Crippen molar-refractivity contribution in [3.8, 4) is 0 Å². The SMILES string of the molecule is Cc1ccc(S(=O)(=O)N2CC[C@@]3(CCCN(CC4CCOCC4)C3)C2)cc1. The van der Waals surface area contributed by atoms with Gasteiger partial charge in [0.2, 0.25) is 10.0 Å². The lowest BCUT2D eigenvalue weighted by Gasteiger charge is -2.42. The van der Waals surface area contributed by atoms with Gasteiger partial charge in [0, 0.05) is 39.4 Å². The monoisotopic (exact) mass is 392 g/mol. The van der Waals surface area contributed by atoms with Crippen molar-refractivity contribution < 1.29 is 13.2 Å². The van der Waals surface area contributed by atoms with Crippen LogP contribution >= 0.6 is 0 Å². The van der Waals surface area contributed by atoms with E-state index < -0.39 is 10.0 Å². The number of sulfonamides is 1. The molecule has 27 heavy (non-hydrogen) atoms. The first kappa shape index (κ1) is 19.4. The van der Waals surface area contributed by atoms with Gasteiger partial charge in [-0.05, 0) is 69.0 Å². The molecular weight excluding hydrogens is 360 g/mol. The van der Waals surface area contributed by atoms with Gasteiger partial charge in [-0.2, -0.15) is 4.31 Å². The molecule has 0 radical (unpaired) electrons. The van der Waals surface area contributed by atoms with E-state index in [0.29, 0.717) is 18.0 Å². The van der Waals surface area contributed by atoms with Gasteiger partial charge in [-0.15, -0.1) is 0 Å². The van der Waals surface area contributed by atoms with Gasteiger partial charge in [-0.1, -0.05) is 17.7 Å². The van der Waals surface area contributed by atoms with Crippen molar-refractivity contribution >= 4 is 10.0 Å². The van der Waals surface area contributed by atoms with E-state index in [2.05, 4.69) is 4.90 Å². The molecule has 3 aliphatic heterocycles. The number of likely N-dealkylation sites (tertiary alicyclic amines) is 1. The van der Waals surface area contributed by atoms with Crippen molar-refractivity contribution in [3.05, 3.63) is 29.8 Å². The first-order valence-electron chi connectivity index (χ1n) is 10.3. The van der Waals surface area contributed by atoms with Crippen LogP contribution in [0.2, 0.25) is 0 Å². The topological polar surface area (TPSA) is 49.9 Å². The summed E-state index contributed by atoms with van der Waals surface area (Å²) >= 11 is 0. The lowest BCUT2D eigenvalue weighted by atomic mass is 9.79. The van der Waals surface area contributed by atoms with E-state index in [9.17, 15) is 8.42 Å². The van der Waals surface area contributed by atoms with Crippen molar-refractivity contribution in [3.63, 3.8) is 0 Å². The zero-order valence-electron chi connectivity index (χ0n) is 16.4. The minimum atomic E-state index is -3.38. The Morgan fingerprint density at radius 3 is 2.56 bits per heavy atom. The first-order chi connectivity index (χ1) is 13.0. The molecule has 0 bridgehead atoms. The highest BCUT2D eigenvalue weighted by Gasteiger charge is 2.45. The van der Waals surface area contributed by atoms with E-state index >= 15 is 0 Å². The largest absolute Gasteiger partial charge is 0.381 e. The summed E-state index contributed by atoms with van der Waals surface area (Å²) in [6.07, 6.45) is 5.65. The highest BCUT2D eigenvalue weighted by Crippen LogP contribution is 2.41. The number of rotatable bonds is 4. The first-order valence-corrected chi connectivity index (χ1v) is 11.8. The fraction of sp³-hybridized carbons (Fsp3) is 0.714. The van der Waals surface area contributed by atoms with Gasteiger partial charge in [0.1, 0.15) is 0 Å². The summed E-state index contributed by atoms with van der Waals surface area (Å²) in [6, 6.07) is 7.26. The van der Waals surface area contributed by atoms with Crippen molar-refractivity contribution in [1.29, 1.82) is 0 Å². The van der Waals surface area contributed by atoms with Crippen LogP contribution in [-0.4, -0.2) is 63.6 Å². The summed E-state index contributed by atoms with van der Waals surface area (Å²) in [5, 5.41) is 0. The average Bonchev–Trinajstić information content (AvgIpc) is 3.07. The van der Waals surface area contributed by atoms with Crippen LogP contribution in [0, 0.1) is 18.3 Å². The van der Waals surface area contributed by atoms with Crippen molar-refractivity contribution in [2.24, 2.45) is 11.3 Å². The van der Waals surface area contributed by atoms with Crippen molar-refractivity contribution in [1.82, 2.24) is 9.21 Å². The third kappa shape index (κ3) is 4.24. The lowest BCUT2D eigenvalue weighted by Crippen LogP contribution is -2.47. The van der Waals surface area contributed by atoms with E-state index in [1.54, 1.807) is 16.4 Å². The Kier molecular flexibility index (Phi) is 5.61. The zero-order chi connectivity index (χ0) is 18.9. The van der Waals surface area contributed by atoms with Crippen LogP contribution in [0.25, 0.3) is 0 Å². The van der Waals surface area contributed by atoms with E-state index in [4.69, 9.17) is 4.74 Å². The normalized spacial score (nSPS) is 28.8. The van der Waals surface area contributed by atoms with E-state index in [1.807, 2.05) is 19.1 Å². The summed E-state index contributed by atoms with van der Waals surface area (Å²) in [5.41, 5.74) is 1.23. The summed E-state index contributed by atoms with van der Waals surface area (Å²) < 4.78 is 33.4. The maximum Gasteiger partial charge on any atom is 0.243 e.